The molecule has 2 rings (SSSR count). The molecule has 3 N–H and O–H groups in total. The molecule has 0 aromatic heterocycles. The van der Waals surface area contributed by atoms with Crippen LogP contribution in [-0.2, 0) is 16.6 Å². The number of nitrogens with one attached hydrogen (secondary N) is 1. The number of likely N-dealkylation sites (tertiary alicyclic amines) is 1. The summed E-state index contributed by atoms with van der Waals surface area (Å²) in [6.07, 6.45) is 0.378. The third-order valence-electron chi connectivity index (χ3n) is 3.23. The first kappa shape index (κ1) is 15.1. The van der Waals surface area contributed by atoms with Gasteiger partial charge in [0, 0.05) is 24.7 Å². The van der Waals surface area contributed by atoms with E-state index in [9.17, 15) is 13.2 Å². The lowest BCUT2D eigenvalue weighted by atomic mass is 10.2. The molecule has 2 amide bonds. The van der Waals surface area contributed by atoms with Crippen LogP contribution >= 0.6 is 11.6 Å². The van der Waals surface area contributed by atoms with Crippen LogP contribution in [-0.4, -0.2) is 37.7 Å². The second-order valence-electron chi connectivity index (χ2n) is 4.73. The molecule has 1 heterocycles. The van der Waals surface area contributed by atoms with E-state index >= 15 is 0 Å². The van der Waals surface area contributed by atoms with Crippen molar-refractivity contribution in [3.05, 3.63) is 34.9 Å². The van der Waals surface area contributed by atoms with Crippen molar-refractivity contribution >= 4 is 27.7 Å². The highest BCUT2D eigenvalue weighted by molar-refractivity contribution is 7.89. The summed E-state index contributed by atoms with van der Waals surface area (Å²) in [5.41, 5.74) is 0.882. The molecule has 8 heteroatoms. The van der Waals surface area contributed by atoms with Crippen molar-refractivity contribution < 1.29 is 13.2 Å². The summed E-state index contributed by atoms with van der Waals surface area (Å²) in [5, 5.41) is 7.75. The Labute approximate surface area is 122 Å². The molecule has 0 spiro atoms. The lowest BCUT2D eigenvalue weighted by molar-refractivity contribution is 0.208. The van der Waals surface area contributed by atoms with Gasteiger partial charge >= 0.3 is 6.03 Å². The Morgan fingerprint density at radius 1 is 1.50 bits per heavy atom. The van der Waals surface area contributed by atoms with E-state index in [1.807, 2.05) is 6.07 Å². The summed E-state index contributed by atoms with van der Waals surface area (Å²) in [5.74, 6) is 0. The predicted octanol–water partition coefficient (Wildman–Crippen LogP) is 0.912. The molecule has 1 unspecified atom stereocenters. The van der Waals surface area contributed by atoms with Gasteiger partial charge in [-0.3, -0.25) is 0 Å². The second kappa shape index (κ2) is 5.99. The monoisotopic (exact) mass is 317 g/mol. The lowest BCUT2D eigenvalue weighted by Crippen LogP contribution is -2.40. The van der Waals surface area contributed by atoms with Crippen LogP contribution in [0.3, 0.4) is 0 Å². The van der Waals surface area contributed by atoms with Gasteiger partial charge in [-0.15, -0.1) is 0 Å². The number of halogens is 1. The number of primary sulfonamides is 1. The van der Waals surface area contributed by atoms with E-state index in [0.717, 1.165) is 5.56 Å². The first-order valence-electron chi connectivity index (χ1n) is 6.15. The summed E-state index contributed by atoms with van der Waals surface area (Å²) >= 11 is 5.85. The zero-order valence-corrected chi connectivity index (χ0v) is 12.3. The molecule has 1 aromatic rings. The minimum absolute atomic E-state index is 0.139. The van der Waals surface area contributed by atoms with Crippen molar-refractivity contribution in [2.75, 3.05) is 13.1 Å². The van der Waals surface area contributed by atoms with E-state index in [0.29, 0.717) is 24.5 Å². The zero-order chi connectivity index (χ0) is 14.8. The first-order chi connectivity index (χ1) is 9.36. The molecular formula is C12H16ClN3O3S. The van der Waals surface area contributed by atoms with Crippen LogP contribution in [0.2, 0.25) is 5.02 Å². The number of urea groups is 1. The average molecular weight is 318 g/mol. The highest BCUT2D eigenvalue weighted by Crippen LogP contribution is 2.15. The zero-order valence-electron chi connectivity index (χ0n) is 10.8. The molecule has 20 heavy (non-hydrogen) atoms. The molecule has 0 radical (unpaired) electrons. The van der Waals surface area contributed by atoms with Crippen LogP contribution < -0.4 is 10.5 Å². The molecule has 1 aromatic carbocycles. The summed E-state index contributed by atoms with van der Waals surface area (Å²) < 4.78 is 22.4. The number of carbonyl (C=O) groups is 1. The Morgan fingerprint density at radius 2 is 2.25 bits per heavy atom. The maximum Gasteiger partial charge on any atom is 0.317 e. The lowest BCUT2D eigenvalue weighted by Gasteiger charge is -2.17. The Hall–Kier alpha value is -1.31. The van der Waals surface area contributed by atoms with E-state index in [-0.39, 0.29) is 12.6 Å². The van der Waals surface area contributed by atoms with Gasteiger partial charge in [-0.1, -0.05) is 23.7 Å². The van der Waals surface area contributed by atoms with Crippen LogP contribution in [0.25, 0.3) is 0 Å². The van der Waals surface area contributed by atoms with Crippen molar-refractivity contribution in [3.8, 4) is 0 Å². The van der Waals surface area contributed by atoms with Crippen molar-refractivity contribution in [1.82, 2.24) is 10.2 Å². The SMILES string of the molecule is NS(=O)(=O)C1CCN(C(=O)NCc2cccc(Cl)c2)C1. The molecule has 0 aliphatic carbocycles. The quantitative estimate of drug-likeness (QED) is 0.868. The summed E-state index contributed by atoms with van der Waals surface area (Å²) in [6.45, 7) is 0.874. The number of nitrogens with two attached hydrogens (primary N) is 1. The van der Waals surface area contributed by atoms with E-state index in [1.165, 1.54) is 4.90 Å². The molecular weight excluding hydrogens is 302 g/mol. The van der Waals surface area contributed by atoms with Gasteiger partial charge in [-0.25, -0.2) is 18.4 Å². The van der Waals surface area contributed by atoms with Crippen molar-refractivity contribution in [2.24, 2.45) is 5.14 Å². The third kappa shape index (κ3) is 3.84. The summed E-state index contributed by atoms with van der Waals surface area (Å²) in [6, 6.07) is 6.87. The maximum absolute atomic E-state index is 11.9. The average Bonchev–Trinajstić information content (AvgIpc) is 2.85. The van der Waals surface area contributed by atoms with E-state index < -0.39 is 15.3 Å². The highest BCUT2D eigenvalue weighted by atomic mass is 35.5. The van der Waals surface area contributed by atoms with Gasteiger partial charge in [-0.2, -0.15) is 0 Å². The van der Waals surface area contributed by atoms with E-state index in [4.69, 9.17) is 16.7 Å². The summed E-state index contributed by atoms with van der Waals surface area (Å²) in [7, 11) is -3.58. The summed E-state index contributed by atoms with van der Waals surface area (Å²) in [4.78, 5) is 13.4. The minimum Gasteiger partial charge on any atom is -0.334 e. The van der Waals surface area contributed by atoms with E-state index in [2.05, 4.69) is 5.32 Å². The number of sulfonamides is 1. The fourth-order valence-corrected chi connectivity index (χ4v) is 3.15. The molecule has 6 nitrogen and oxygen atoms in total. The van der Waals surface area contributed by atoms with Gasteiger partial charge in [-0.05, 0) is 24.1 Å². The molecule has 1 saturated heterocycles. The van der Waals surface area contributed by atoms with Crippen molar-refractivity contribution in [3.63, 3.8) is 0 Å². The second-order valence-corrected chi connectivity index (χ2v) is 7.02. The number of amides is 2. The smallest absolute Gasteiger partial charge is 0.317 e. The molecule has 1 aliphatic heterocycles. The van der Waals surface area contributed by atoms with Gasteiger partial charge in [0.1, 0.15) is 0 Å². The number of hydrogen-bond donors (Lipinski definition) is 2. The third-order valence-corrected chi connectivity index (χ3v) is 4.78. The van der Waals surface area contributed by atoms with Gasteiger partial charge in [0.2, 0.25) is 10.0 Å². The Balaban J connectivity index is 1.87. The fourth-order valence-electron chi connectivity index (χ4n) is 2.12. The Bertz CT molecular complexity index is 606. The molecule has 0 saturated carbocycles. The van der Waals surface area contributed by atoms with Crippen LogP contribution in [0.15, 0.2) is 24.3 Å². The van der Waals surface area contributed by atoms with Gasteiger partial charge in [0.25, 0.3) is 0 Å². The Kier molecular flexibility index (Phi) is 4.52. The molecule has 0 bridgehead atoms. The first-order valence-corrected chi connectivity index (χ1v) is 8.14. The number of nitrogens with zero attached hydrogens (tertiary/aromatic N) is 1. The van der Waals surface area contributed by atoms with Gasteiger partial charge in [0.15, 0.2) is 0 Å². The fraction of sp³-hybridized carbons (Fsp3) is 0.417. The van der Waals surface area contributed by atoms with Gasteiger partial charge < -0.3 is 10.2 Å². The number of carbonyl (C=O) groups excluding carboxylic acids is 1. The Morgan fingerprint density at radius 3 is 2.85 bits per heavy atom. The predicted molar refractivity (Wildman–Crippen MR) is 76.8 cm³/mol. The molecule has 1 fully saturated rings. The van der Waals surface area contributed by atoms with Crippen LogP contribution in [0.1, 0.15) is 12.0 Å². The van der Waals surface area contributed by atoms with Crippen molar-refractivity contribution in [1.29, 1.82) is 0 Å². The maximum atomic E-state index is 11.9. The number of hydrogen-bond acceptors (Lipinski definition) is 3. The molecule has 1 aliphatic rings. The van der Waals surface area contributed by atoms with Crippen LogP contribution in [0.4, 0.5) is 4.79 Å². The number of rotatable bonds is 3. The van der Waals surface area contributed by atoms with E-state index in [1.54, 1.807) is 18.2 Å². The normalized spacial score (nSPS) is 19.1. The largest absolute Gasteiger partial charge is 0.334 e. The van der Waals surface area contributed by atoms with Crippen LogP contribution in [0, 0.1) is 0 Å². The topological polar surface area (TPSA) is 92.5 Å². The number of benzene rings is 1. The van der Waals surface area contributed by atoms with Gasteiger partial charge in [0.05, 0.1) is 5.25 Å². The molecule has 1 atom stereocenters. The highest BCUT2D eigenvalue weighted by Gasteiger charge is 2.32. The van der Waals surface area contributed by atoms with Crippen LogP contribution in [0.5, 0.6) is 0 Å². The van der Waals surface area contributed by atoms with Crippen molar-refractivity contribution in [2.45, 2.75) is 18.2 Å². The standard InChI is InChI=1S/C12H16ClN3O3S/c13-10-3-1-2-9(6-10)7-15-12(17)16-5-4-11(8-16)20(14,18)19/h1-3,6,11H,4-5,7-8H2,(H,15,17)(H2,14,18,19). The minimum atomic E-state index is -3.58. The molecule has 110 valence electrons.